The van der Waals surface area contributed by atoms with Crippen LogP contribution in [0, 0.1) is 0 Å². The fourth-order valence-electron chi connectivity index (χ4n) is 1.95. The number of hydrogen-bond acceptors (Lipinski definition) is 4. The topological polar surface area (TPSA) is 45.2 Å². The molecule has 1 N–H and O–H groups in total. The Kier molecular flexibility index (Phi) is 4.35. The normalized spacial score (nSPS) is 18.7. The summed E-state index contributed by atoms with van der Waals surface area (Å²) in [6.07, 6.45) is 1.06. The maximum Gasteiger partial charge on any atom is 0.254 e. The average molecular weight is 286 g/mol. The summed E-state index contributed by atoms with van der Waals surface area (Å²) in [5.74, 6) is 2.75. The first-order valence-corrected chi connectivity index (χ1v) is 7.35. The van der Waals surface area contributed by atoms with Gasteiger partial charge in [0.05, 0.1) is 0 Å². The summed E-state index contributed by atoms with van der Waals surface area (Å²) in [4.78, 5) is 18.2. The van der Waals surface area contributed by atoms with Gasteiger partial charge in [0.2, 0.25) is 0 Å². The summed E-state index contributed by atoms with van der Waals surface area (Å²) in [5, 5.41) is 3.23. The van der Waals surface area contributed by atoms with Gasteiger partial charge in [-0.15, -0.1) is 0 Å². The van der Waals surface area contributed by atoms with E-state index in [0.29, 0.717) is 22.6 Å². The summed E-state index contributed by atoms with van der Waals surface area (Å²) < 4.78 is 0. The smallest absolute Gasteiger partial charge is 0.254 e. The first kappa shape index (κ1) is 13.5. The van der Waals surface area contributed by atoms with Gasteiger partial charge in [0, 0.05) is 31.5 Å². The van der Waals surface area contributed by atoms with Crippen LogP contribution in [0.3, 0.4) is 0 Å². The summed E-state index contributed by atoms with van der Waals surface area (Å²) in [6, 6.07) is 3.67. The molecule has 1 unspecified atom stereocenters. The molecule has 2 rings (SSSR count). The zero-order valence-electron chi connectivity index (χ0n) is 10.4. The van der Waals surface area contributed by atoms with Crippen LogP contribution in [0.4, 0.5) is 5.82 Å². The minimum Gasteiger partial charge on any atom is -0.373 e. The van der Waals surface area contributed by atoms with E-state index in [2.05, 4.69) is 10.3 Å². The van der Waals surface area contributed by atoms with E-state index in [9.17, 15) is 4.79 Å². The van der Waals surface area contributed by atoms with Crippen LogP contribution in [-0.4, -0.2) is 47.4 Å². The predicted octanol–water partition coefficient (Wildman–Crippen LogP) is 2.35. The van der Waals surface area contributed by atoms with E-state index in [1.165, 1.54) is 0 Å². The molecule has 0 saturated carbocycles. The predicted molar refractivity (Wildman–Crippen MR) is 76.6 cm³/mol. The molecular weight excluding hydrogens is 270 g/mol. The Morgan fingerprint density at radius 3 is 3.00 bits per heavy atom. The molecule has 1 aromatic rings. The van der Waals surface area contributed by atoms with Crippen molar-refractivity contribution in [3.8, 4) is 0 Å². The molecule has 2 heterocycles. The molecule has 0 aromatic carbocycles. The Labute approximate surface area is 116 Å². The second kappa shape index (κ2) is 5.80. The van der Waals surface area contributed by atoms with Crippen LogP contribution in [0.5, 0.6) is 0 Å². The van der Waals surface area contributed by atoms with Gasteiger partial charge in [0.25, 0.3) is 5.91 Å². The number of aromatic nitrogens is 1. The van der Waals surface area contributed by atoms with Gasteiger partial charge in [-0.25, -0.2) is 4.98 Å². The average Bonchev–Trinajstić information content (AvgIpc) is 2.90. The van der Waals surface area contributed by atoms with E-state index in [4.69, 9.17) is 11.6 Å². The number of nitrogens with one attached hydrogen (secondary N) is 1. The van der Waals surface area contributed by atoms with Crippen LogP contribution >= 0.6 is 23.4 Å². The quantitative estimate of drug-likeness (QED) is 0.866. The fourth-order valence-corrected chi connectivity index (χ4v) is 3.42. The zero-order chi connectivity index (χ0) is 13.1. The minimum atomic E-state index is 0.00306. The van der Waals surface area contributed by atoms with Gasteiger partial charge < -0.3 is 10.2 Å². The van der Waals surface area contributed by atoms with Crippen molar-refractivity contribution in [2.75, 3.05) is 30.9 Å². The standard InChI is InChI=1S/C12H16ClN3OS/c1-14-11-6-8(5-10(13)15-11)12(17)16(2)9-3-4-18-7-9/h5-6,9H,3-4,7H2,1-2H3,(H,14,15). The van der Waals surface area contributed by atoms with Gasteiger partial charge in [0.1, 0.15) is 11.0 Å². The van der Waals surface area contributed by atoms with Gasteiger partial charge in [-0.2, -0.15) is 11.8 Å². The SMILES string of the molecule is CNc1cc(C(=O)N(C)C2CCSC2)cc(Cl)n1. The van der Waals surface area contributed by atoms with Crippen LogP contribution < -0.4 is 5.32 Å². The lowest BCUT2D eigenvalue weighted by molar-refractivity contribution is 0.0748. The Morgan fingerprint density at radius 1 is 1.61 bits per heavy atom. The van der Waals surface area contributed by atoms with Gasteiger partial charge in [-0.3, -0.25) is 4.79 Å². The third-order valence-electron chi connectivity index (χ3n) is 3.07. The molecule has 18 heavy (non-hydrogen) atoms. The number of nitrogens with zero attached hydrogens (tertiary/aromatic N) is 2. The molecular formula is C12H16ClN3OS. The Bertz CT molecular complexity index is 449. The minimum absolute atomic E-state index is 0.00306. The molecule has 1 aliphatic rings. The zero-order valence-corrected chi connectivity index (χ0v) is 12.0. The van der Waals surface area contributed by atoms with Crippen molar-refractivity contribution >= 4 is 35.1 Å². The van der Waals surface area contributed by atoms with Crippen molar-refractivity contribution in [2.24, 2.45) is 0 Å². The molecule has 0 aliphatic carbocycles. The molecule has 1 aromatic heterocycles. The molecule has 1 aliphatic heterocycles. The lowest BCUT2D eigenvalue weighted by Gasteiger charge is -2.24. The maximum absolute atomic E-state index is 12.4. The Hall–Kier alpha value is -0.940. The van der Waals surface area contributed by atoms with E-state index in [0.717, 1.165) is 17.9 Å². The number of hydrogen-bond donors (Lipinski definition) is 1. The molecule has 1 fully saturated rings. The second-order valence-electron chi connectivity index (χ2n) is 4.25. The molecule has 4 nitrogen and oxygen atoms in total. The van der Waals surface area contributed by atoms with Crippen LogP contribution in [0.15, 0.2) is 12.1 Å². The van der Waals surface area contributed by atoms with E-state index in [-0.39, 0.29) is 5.91 Å². The van der Waals surface area contributed by atoms with E-state index in [1.54, 1.807) is 19.2 Å². The summed E-state index contributed by atoms with van der Waals surface area (Å²) in [6.45, 7) is 0. The van der Waals surface area contributed by atoms with E-state index in [1.807, 2.05) is 23.7 Å². The van der Waals surface area contributed by atoms with Gasteiger partial charge in [0.15, 0.2) is 0 Å². The largest absolute Gasteiger partial charge is 0.373 e. The van der Waals surface area contributed by atoms with E-state index < -0.39 is 0 Å². The fraction of sp³-hybridized carbons (Fsp3) is 0.500. The Balaban J connectivity index is 2.19. The number of pyridine rings is 1. The van der Waals surface area contributed by atoms with Gasteiger partial charge in [-0.05, 0) is 24.3 Å². The van der Waals surface area contributed by atoms with Crippen LogP contribution in [0.2, 0.25) is 5.15 Å². The highest BCUT2D eigenvalue weighted by molar-refractivity contribution is 7.99. The van der Waals surface area contributed by atoms with Crippen LogP contribution in [-0.2, 0) is 0 Å². The maximum atomic E-state index is 12.4. The molecule has 0 radical (unpaired) electrons. The van der Waals surface area contributed by atoms with Crippen molar-refractivity contribution in [3.05, 3.63) is 22.8 Å². The highest BCUT2D eigenvalue weighted by Gasteiger charge is 2.25. The van der Waals surface area contributed by atoms with Crippen LogP contribution in [0.1, 0.15) is 16.8 Å². The highest BCUT2D eigenvalue weighted by atomic mass is 35.5. The van der Waals surface area contributed by atoms with Gasteiger partial charge in [-0.1, -0.05) is 11.6 Å². The summed E-state index contributed by atoms with van der Waals surface area (Å²) >= 11 is 7.80. The van der Waals surface area contributed by atoms with E-state index >= 15 is 0 Å². The second-order valence-corrected chi connectivity index (χ2v) is 5.78. The molecule has 0 spiro atoms. The summed E-state index contributed by atoms with van der Waals surface area (Å²) in [7, 11) is 3.61. The number of rotatable bonds is 3. The highest BCUT2D eigenvalue weighted by Crippen LogP contribution is 2.23. The lowest BCUT2D eigenvalue weighted by atomic mass is 10.2. The third kappa shape index (κ3) is 2.90. The molecule has 1 saturated heterocycles. The molecule has 98 valence electrons. The first-order chi connectivity index (χ1) is 8.61. The van der Waals surface area contributed by atoms with Crippen molar-refractivity contribution in [1.82, 2.24) is 9.88 Å². The molecule has 1 atom stereocenters. The molecule has 6 heteroatoms. The van der Waals surface area contributed by atoms with Crippen LogP contribution in [0.25, 0.3) is 0 Å². The summed E-state index contributed by atoms with van der Waals surface area (Å²) in [5.41, 5.74) is 0.582. The van der Waals surface area contributed by atoms with Crippen molar-refractivity contribution in [1.29, 1.82) is 0 Å². The number of anilines is 1. The first-order valence-electron chi connectivity index (χ1n) is 5.82. The van der Waals surface area contributed by atoms with Crippen molar-refractivity contribution < 1.29 is 4.79 Å². The third-order valence-corrected chi connectivity index (χ3v) is 4.41. The number of carbonyl (C=O) groups excluding carboxylic acids is 1. The lowest BCUT2D eigenvalue weighted by Crippen LogP contribution is -2.37. The number of thioether (sulfide) groups is 1. The van der Waals surface area contributed by atoms with Crippen molar-refractivity contribution in [2.45, 2.75) is 12.5 Å². The number of carbonyl (C=O) groups is 1. The Morgan fingerprint density at radius 2 is 2.39 bits per heavy atom. The number of halogens is 1. The molecule has 0 bridgehead atoms. The van der Waals surface area contributed by atoms with Crippen molar-refractivity contribution in [3.63, 3.8) is 0 Å². The van der Waals surface area contributed by atoms with Gasteiger partial charge >= 0.3 is 0 Å². The monoisotopic (exact) mass is 285 g/mol. The number of amides is 1. The molecule has 1 amide bonds.